The van der Waals surface area contributed by atoms with Gasteiger partial charge in [0.25, 0.3) is 5.91 Å². The van der Waals surface area contributed by atoms with Crippen molar-refractivity contribution in [3.8, 4) is 0 Å². The summed E-state index contributed by atoms with van der Waals surface area (Å²) in [6, 6.07) is 3.11. The van der Waals surface area contributed by atoms with Gasteiger partial charge in [0.15, 0.2) is 0 Å². The number of nitrogen functional groups attached to an aromatic ring is 1. The van der Waals surface area contributed by atoms with Crippen LogP contribution in [0.15, 0.2) is 23.8 Å². The van der Waals surface area contributed by atoms with Gasteiger partial charge in [-0.25, -0.2) is 0 Å². The van der Waals surface area contributed by atoms with E-state index >= 15 is 0 Å². The third-order valence-electron chi connectivity index (χ3n) is 1.60. The summed E-state index contributed by atoms with van der Waals surface area (Å²) in [5, 5.41) is 10.3. The minimum Gasteiger partial charge on any atom is -0.399 e. The van der Waals surface area contributed by atoms with Gasteiger partial charge in [0.1, 0.15) is 11.2 Å². The van der Waals surface area contributed by atoms with Gasteiger partial charge < -0.3 is 5.73 Å². The Hall–Kier alpha value is -2.02. The maximum atomic E-state index is 11.6. The average Bonchev–Trinajstić information content (AvgIpc) is 2.70. The largest absolute Gasteiger partial charge is 0.399 e. The quantitative estimate of drug-likeness (QED) is 0.781. The highest BCUT2D eigenvalue weighted by molar-refractivity contribution is 7.13. The maximum Gasteiger partial charge on any atom is 0.276 e. The molecule has 3 N–H and O–H groups in total. The summed E-state index contributed by atoms with van der Waals surface area (Å²) >= 11 is 1.24. The van der Waals surface area contributed by atoms with Crippen molar-refractivity contribution >= 4 is 28.1 Å². The molecule has 2 aromatic rings. The molecule has 0 aliphatic carbocycles. The fourth-order valence-corrected chi connectivity index (χ4v) is 1.40. The van der Waals surface area contributed by atoms with Gasteiger partial charge in [0, 0.05) is 11.9 Å². The first kappa shape index (κ1) is 9.53. The standard InChI is InChI=1S/C8H7N5OS/c9-5-1-2-10-6(3-5)7(14)12-8-13-11-4-15-8/h1-4H,(H2,9,10)(H,12,13,14). The van der Waals surface area contributed by atoms with E-state index in [4.69, 9.17) is 5.73 Å². The number of aromatic nitrogens is 3. The Morgan fingerprint density at radius 3 is 3.07 bits per heavy atom. The van der Waals surface area contributed by atoms with E-state index in [1.54, 1.807) is 6.07 Å². The van der Waals surface area contributed by atoms with Gasteiger partial charge in [-0.2, -0.15) is 0 Å². The second-order valence-corrected chi connectivity index (χ2v) is 3.51. The Kier molecular flexibility index (Phi) is 2.55. The van der Waals surface area contributed by atoms with Crippen molar-refractivity contribution in [2.75, 3.05) is 11.1 Å². The van der Waals surface area contributed by atoms with E-state index in [9.17, 15) is 4.79 Å². The van der Waals surface area contributed by atoms with Crippen LogP contribution in [0.1, 0.15) is 10.5 Å². The molecule has 0 spiro atoms. The van der Waals surface area contributed by atoms with E-state index in [1.165, 1.54) is 29.1 Å². The van der Waals surface area contributed by atoms with Crippen molar-refractivity contribution in [2.45, 2.75) is 0 Å². The zero-order chi connectivity index (χ0) is 10.7. The lowest BCUT2D eigenvalue weighted by atomic mass is 10.3. The van der Waals surface area contributed by atoms with Crippen molar-refractivity contribution in [3.05, 3.63) is 29.5 Å². The van der Waals surface area contributed by atoms with Gasteiger partial charge in [0.05, 0.1) is 0 Å². The molecule has 2 rings (SSSR count). The molecule has 15 heavy (non-hydrogen) atoms. The SMILES string of the molecule is Nc1ccnc(C(=O)Nc2nncs2)c1. The van der Waals surface area contributed by atoms with Crippen LogP contribution in [0.3, 0.4) is 0 Å². The molecule has 76 valence electrons. The van der Waals surface area contributed by atoms with Crippen LogP contribution in [0, 0.1) is 0 Å². The summed E-state index contributed by atoms with van der Waals surface area (Å²) < 4.78 is 0. The van der Waals surface area contributed by atoms with Crippen LogP contribution in [-0.2, 0) is 0 Å². The van der Waals surface area contributed by atoms with E-state index in [-0.39, 0.29) is 11.6 Å². The Bertz CT molecular complexity index is 470. The lowest BCUT2D eigenvalue weighted by Crippen LogP contribution is -2.13. The van der Waals surface area contributed by atoms with Gasteiger partial charge in [-0.1, -0.05) is 11.3 Å². The summed E-state index contributed by atoms with van der Waals surface area (Å²) in [5.41, 5.74) is 7.80. The van der Waals surface area contributed by atoms with Gasteiger partial charge >= 0.3 is 0 Å². The first-order chi connectivity index (χ1) is 7.25. The van der Waals surface area contributed by atoms with Crippen LogP contribution in [0.5, 0.6) is 0 Å². The molecule has 0 saturated heterocycles. The number of hydrogen-bond acceptors (Lipinski definition) is 6. The molecular formula is C8H7N5OS. The molecule has 0 radical (unpaired) electrons. The van der Waals surface area contributed by atoms with E-state index < -0.39 is 0 Å². The second kappa shape index (κ2) is 4.01. The second-order valence-electron chi connectivity index (χ2n) is 2.67. The van der Waals surface area contributed by atoms with Crippen LogP contribution >= 0.6 is 11.3 Å². The lowest BCUT2D eigenvalue weighted by molar-refractivity contribution is 0.102. The molecule has 6 nitrogen and oxygen atoms in total. The summed E-state index contributed by atoms with van der Waals surface area (Å²) in [6.45, 7) is 0. The molecule has 0 bridgehead atoms. The Morgan fingerprint density at radius 2 is 2.40 bits per heavy atom. The molecule has 0 aromatic carbocycles. The highest BCUT2D eigenvalue weighted by Crippen LogP contribution is 2.10. The van der Waals surface area contributed by atoms with Gasteiger partial charge in [0.2, 0.25) is 5.13 Å². The van der Waals surface area contributed by atoms with Gasteiger partial charge in [-0.05, 0) is 12.1 Å². The summed E-state index contributed by atoms with van der Waals surface area (Å²) in [4.78, 5) is 15.5. The third kappa shape index (κ3) is 2.26. The van der Waals surface area contributed by atoms with Crippen molar-refractivity contribution < 1.29 is 4.79 Å². The van der Waals surface area contributed by atoms with Gasteiger partial charge in [-0.15, -0.1) is 10.2 Å². The normalized spacial score (nSPS) is 9.87. The molecule has 1 amide bonds. The average molecular weight is 221 g/mol. The number of nitrogens with two attached hydrogens (primary N) is 1. The minimum absolute atomic E-state index is 0.255. The Morgan fingerprint density at radius 1 is 1.53 bits per heavy atom. The van der Waals surface area contributed by atoms with Crippen LogP contribution in [0.4, 0.5) is 10.8 Å². The topological polar surface area (TPSA) is 93.8 Å². The number of nitrogens with one attached hydrogen (secondary N) is 1. The fraction of sp³-hybridized carbons (Fsp3) is 0. The molecule has 0 unspecified atom stereocenters. The maximum absolute atomic E-state index is 11.6. The zero-order valence-electron chi connectivity index (χ0n) is 7.54. The fourth-order valence-electron chi connectivity index (χ4n) is 0.960. The van der Waals surface area contributed by atoms with Crippen LogP contribution in [-0.4, -0.2) is 21.1 Å². The van der Waals surface area contributed by atoms with E-state index in [0.717, 1.165) is 0 Å². The van der Waals surface area contributed by atoms with Crippen molar-refractivity contribution in [2.24, 2.45) is 0 Å². The lowest BCUT2D eigenvalue weighted by Gasteiger charge is -2.00. The van der Waals surface area contributed by atoms with Crippen molar-refractivity contribution in [1.29, 1.82) is 0 Å². The third-order valence-corrected chi connectivity index (χ3v) is 2.20. The van der Waals surface area contributed by atoms with E-state index in [2.05, 4.69) is 20.5 Å². The molecule has 0 aliphatic heterocycles. The predicted octanol–water partition coefficient (Wildman–Crippen LogP) is 0.768. The molecule has 0 fully saturated rings. The molecule has 0 saturated carbocycles. The van der Waals surface area contributed by atoms with E-state index in [1.807, 2.05) is 0 Å². The van der Waals surface area contributed by atoms with E-state index in [0.29, 0.717) is 10.8 Å². The number of pyridine rings is 1. The summed E-state index contributed by atoms with van der Waals surface area (Å²) in [5.74, 6) is -0.348. The summed E-state index contributed by atoms with van der Waals surface area (Å²) in [6.07, 6.45) is 1.48. The highest BCUT2D eigenvalue weighted by atomic mass is 32.1. The Labute approximate surface area is 89.2 Å². The number of nitrogens with zero attached hydrogens (tertiary/aromatic N) is 3. The molecular weight excluding hydrogens is 214 g/mol. The molecule has 7 heteroatoms. The highest BCUT2D eigenvalue weighted by Gasteiger charge is 2.09. The molecule has 2 aromatic heterocycles. The molecule has 0 aliphatic rings. The number of rotatable bonds is 2. The number of anilines is 2. The monoisotopic (exact) mass is 221 g/mol. The number of hydrogen-bond donors (Lipinski definition) is 2. The van der Waals surface area contributed by atoms with Crippen LogP contribution < -0.4 is 11.1 Å². The van der Waals surface area contributed by atoms with Crippen molar-refractivity contribution in [1.82, 2.24) is 15.2 Å². The van der Waals surface area contributed by atoms with Gasteiger partial charge in [-0.3, -0.25) is 15.1 Å². The first-order valence-corrected chi connectivity index (χ1v) is 4.93. The molecule has 2 heterocycles. The first-order valence-electron chi connectivity index (χ1n) is 4.05. The number of carbonyl (C=O) groups excluding carboxylic acids is 1. The summed E-state index contributed by atoms with van der Waals surface area (Å²) in [7, 11) is 0. The smallest absolute Gasteiger partial charge is 0.276 e. The zero-order valence-corrected chi connectivity index (χ0v) is 8.36. The van der Waals surface area contributed by atoms with Crippen molar-refractivity contribution in [3.63, 3.8) is 0 Å². The predicted molar refractivity (Wildman–Crippen MR) is 56.5 cm³/mol. The minimum atomic E-state index is -0.348. The van der Waals surface area contributed by atoms with Crippen LogP contribution in [0.2, 0.25) is 0 Å². The molecule has 0 atom stereocenters. The van der Waals surface area contributed by atoms with Crippen LogP contribution in [0.25, 0.3) is 0 Å². The Balaban J connectivity index is 2.15. The number of amides is 1. The number of carbonyl (C=O) groups is 1.